The monoisotopic (exact) mass is 481 g/mol. The second-order valence-corrected chi connectivity index (χ2v) is 8.04. The van der Waals surface area contributed by atoms with Crippen molar-refractivity contribution in [2.24, 2.45) is 0 Å². The third-order valence-electron chi connectivity index (χ3n) is 4.70. The van der Waals surface area contributed by atoms with E-state index < -0.39 is 29.8 Å². The smallest absolute Gasteiger partial charge is 0.359 e. The Morgan fingerprint density at radius 1 is 0.941 bits per heavy atom. The van der Waals surface area contributed by atoms with E-state index in [9.17, 15) is 23.2 Å². The third-order valence-corrected chi connectivity index (χ3v) is 5.42. The summed E-state index contributed by atoms with van der Waals surface area (Å²) in [6, 6.07) is 20.9. The second-order valence-electron chi connectivity index (χ2n) is 6.97. The Hall–Kier alpha value is -4.05. The number of alkyl halides is 2. The number of fused-ring (bicyclic) bond motifs is 1. The number of para-hydroxylation sites is 1. The van der Waals surface area contributed by atoms with Gasteiger partial charge in [-0.15, -0.1) is 0 Å². The van der Waals surface area contributed by atoms with Gasteiger partial charge in [-0.05, 0) is 42.5 Å². The number of carbonyl (C=O) groups excluding carboxylic acids is 2. The molecule has 0 saturated heterocycles. The summed E-state index contributed by atoms with van der Waals surface area (Å²) in [4.78, 5) is 38.3. The minimum Gasteiger partial charge on any atom is -0.451 e. The average molecular weight is 481 g/mol. The average Bonchev–Trinajstić information content (AvgIpc) is 2.84. The molecule has 0 aliphatic rings. The van der Waals surface area contributed by atoms with Gasteiger partial charge in [0.05, 0.1) is 11.1 Å². The van der Waals surface area contributed by atoms with Crippen molar-refractivity contribution in [3.63, 3.8) is 0 Å². The predicted molar refractivity (Wildman–Crippen MR) is 125 cm³/mol. The maximum Gasteiger partial charge on any atom is 0.359 e. The van der Waals surface area contributed by atoms with E-state index in [1.165, 1.54) is 24.3 Å². The Morgan fingerprint density at radius 2 is 1.59 bits per heavy atom. The number of halogens is 2. The molecule has 10 heteroatoms. The van der Waals surface area contributed by atoms with Crippen LogP contribution in [0.25, 0.3) is 16.5 Å². The molecule has 4 aromatic rings. The highest BCUT2D eigenvalue weighted by molar-refractivity contribution is 7.99. The lowest BCUT2D eigenvalue weighted by atomic mass is 10.1. The fourth-order valence-electron chi connectivity index (χ4n) is 3.20. The summed E-state index contributed by atoms with van der Waals surface area (Å²) in [7, 11) is 0. The molecule has 0 aliphatic carbocycles. The van der Waals surface area contributed by atoms with Crippen LogP contribution in [0.5, 0.6) is 0 Å². The van der Waals surface area contributed by atoms with Gasteiger partial charge in [0.2, 0.25) is 0 Å². The maximum absolute atomic E-state index is 12.9. The summed E-state index contributed by atoms with van der Waals surface area (Å²) in [6.07, 6.45) is 0. The highest BCUT2D eigenvalue weighted by Gasteiger charge is 2.19. The number of nitrogens with one attached hydrogen (secondary N) is 1. The van der Waals surface area contributed by atoms with Gasteiger partial charge in [-0.2, -0.15) is 18.6 Å². The Bertz CT molecular complexity index is 1390. The lowest BCUT2D eigenvalue weighted by Crippen LogP contribution is -2.26. The van der Waals surface area contributed by atoms with Crippen molar-refractivity contribution < 1.29 is 23.1 Å². The van der Waals surface area contributed by atoms with Crippen LogP contribution in [0, 0.1) is 0 Å². The standard InChI is InChI=1S/C24H17F2N3O4S/c25-24(26)34-17-12-10-15(11-13-17)27-20(30)14-33-23(32)21-18-8-4-5-9-19(18)22(31)29(28-21)16-6-2-1-3-7-16/h1-13,24H,14H2,(H,27,30). The van der Waals surface area contributed by atoms with Gasteiger partial charge in [0.1, 0.15) is 0 Å². The zero-order chi connectivity index (χ0) is 24.1. The van der Waals surface area contributed by atoms with Gasteiger partial charge in [-0.3, -0.25) is 9.59 Å². The summed E-state index contributed by atoms with van der Waals surface area (Å²) in [5.74, 6) is -4.04. The van der Waals surface area contributed by atoms with E-state index >= 15 is 0 Å². The van der Waals surface area contributed by atoms with Gasteiger partial charge < -0.3 is 10.1 Å². The minimum atomic E-state index is -2.54. The molecule has 0 aliphatic heterocycles. The van der Waals surface area contributed by atoms with Crippen molar-refractivity contribution in [2.75, 3.05) is 11.9 Å². The number of anilines is 1. The first-order chi connectivity index (χ1) is 16.4. The van der Waals surface area contributed by atoms with E-state index in [1.54, 1.807) is 54.6 Å². The summed E-state index contributed by atoms with van der Waals surface area (Å²) in [6.45, 7) is -0.604. The van der Waals surface area contributed by atoms with Crippen LogP contribution in [0.4, 0.5) is 14.5 Å². The molecule has 0 saturated carbocycles. The molecule has 0 unspecified atom stereocenters. The Balaban J connectivity index is 1.51. The Morgan fingerprint density at radius 3 is 2.26 bits per heavy atom. The molecular weight excluding hydrogens is 464 g/mol. The number of carbonyl (C=O) groups is 2. The Labute approximate surface area is 196 Å². The van der Waals surface area contributed by atoms with Crippen molar-refractivity contribution in [1.29, 1.82) is 0 Å². The number of amides is 1. The predicted octanol–water partition coefficient (Wildman–Crippen LogP) is 4.50. The van der Waals surface area contributed by atoms with Crippen LogP contribution in [0.15, 0.2) is 88.6 Å². The van der Waals surface area contributed by atoms with E-state index in [2.05, 4.69) is 10.4 Å². The van der Waals surface area contributed by atoms with Crippen LogP contribution in [0.2, 0.25) is 0 Å². The highest BCUT2D eigenvalue weighted by Crippen LogP contribution is 2.26. The number of nitrogens with zero attached hydrogens (tertiary/aromatic N) is 2. The minimum absolute atomic E-state index is 0.111. The number of rotatable bonds is 7. The first-order valence-corrected chi connectivity index (χ1v) is 10.9. The van der Waals surface area contributed by atoms with Crippen LogP contribution >= 0.6 is 11.8 Å². The van der Waals surface area contributed by atoms with E-state index in [-0.39, 0.29) is 11.1 Å². The van der Waals surface area contributed by atoms with Crippen LogP contribution in [0.1, 0.15) is 10.5 Å². The van der Waals surface area contributed by atoms with Crippen LogP contribution < -0.4 is 10.9 Å². The van der Waals surface area contributed by atoms with Gasteiger partial charge in [-0.25, -0.2) is 4.79 Å². The van der Waals surface area contributed by atoms with Gasteiger partial charge in [0, 0.05) is 16.0 Å². The maximum atomic E-state index is 12.9. The fourth-order valence-corrected chi connectivity index (χ4v) is 3.70. The SMILES string of the molecule is O=C(COC(=O)c1nn(-c2ccccc2)c(=O)c2ccccc12)Nc1ccc(SC(F)F)cc1. The summed E-state index contributed by atoms with van der Waals surface area (Å²) < 4.78 is 31.1. The topological polar surface area (TPSA) is 90.3 Å². The quantitative estimate of drug-likeness (QED) is 0.309. The van der Waals surface area contributed by atoms with E-state index in [1.807, 2.05) is 0 Å². The number of aromatic nitrogens is 2. The van der Waals surface area contributed by atoms with Crippen LogP contribution in [-0.2, 0) is 9.53 Å². The molecule has 1 heterocycles. The first-order valence-electron chi connectivity index (χ1n) is 10.0. The van der Waals surface area contributed by atoms with Gasteiger partial charge in [0.15, 0.2) is 12.3 Å². The van der Waals surface area contributed by atoms with Gasteiger partial charge in [-0.1, -0.05) is 48.2 Å². The molecule has 3 aromatic carbocycles. The molecule has 0 fully saturated rings. The first kappa shape index (κ1) is 23.1. The third kappa shape index (κ3) is 5.29. The van der Waals surface area contributed by atoms with Gasteiger partial charge in [0.25, 0.3) is 17.2 Å². The number of thioether (sulfide) groups is 1. The molecule has 172 valence electrons. The van der Waals surface area contributed by atoms with E-state index in [0.29, 0.717) is 33.4 Å². The molecule has 0 atom stereocenters. The number of hydrogen-bond donors (Lipinski definition) is 1. The summed E-state index contributed by atoms with van der Waals surface area (Å²) in [5, 5.41) is 7.30. The van der Waals surface area contributed by atoms with Gasteiger partial charge >= 0.3 is 5.97 Å². The molecule has 1 aromatic heterocycles. The zero-order valence-corrected chi connectivity index (χ0v) is 18.3. The molecule has 0 spiro atoms. The summed E-state index contributed by atoms with van der Waals surface area (Å²) >= 11 is 0.393. The van der Waals surface area contributed by atoms with E-state index in [0.717, 1.165) is 4.68 Å². The second kappa shape index (κ2) is 10.3. The van der Waals surface area contributed by atoms with E-state index in [4.69, 9.17) is 4.74 Å². The van der Waals surface area contributed by atoms with Crippen molar-refractivity contribution in [3.8, 4) is 5.69 Å². The van der Waals surface area contributed by atoms with Crippen molar-refractivity contribution in [3.05, 3.63) is 94.9 Å². The molecule has 0 bridgehead atoms. The fraction of sp³-hybridized carbons (Fsp3) is 0.0833. The van der Waals surface area contributed by atoms with Crippen molar-refractivity contribution in [1.82, 2.24) is 9.78 Å². The molecule has 4 rings (SSSR count). The zero-order valence-electron chi connectivity index (χ0n) is 17.5. The van der Waals surface area contributed by atoms with Crippen LogP contribution in [-0.4, -0.2) is 34.0 Å². The number of esters is 1. The molecule has 1 amide bonds. The molecule has 7 nitrogen and oxygen atoms in total. The lowest BCUT2D eigenvalue weighted by molar-refractivity contribution is -0.119. The number of hydrogen-bond acceptors (Lipinski definition) is 6. The highest BCUT2D eigenvalue weighted by atomic mass is 32.2. The molecule has 0 radical (unpaired) electrons. The van der Waals surface area contributed by atoms with Crippen molar-refractivity contribution in [2.45, 2.75) is 10.7 Å². The molecule has 34 heavy (non-hydrogen) atoms. The normalized spacial score (nSPS) is 10.9. The largest absolute Gasteiger partial charge is 0.451 e. The Kier molecular flexibility index (Phi) is 6.98. The number of benzene rings is 3. The molecule has 1 N–H and O–H groups in total. The molecular formula is C24H17F2N3O4S. The number of ether oxygens (including phenoxy) is 1. The van der Waals surface area contributed by atoms with Crippen LogP contribution in [0.3, 0.4) is 0 Å². The summed E-state index contributed by atoms with van der Waals surface area (Å²) in [5.41, 5.74) is 0.323. The lowest BCUT2D eigenvalue weighted by Gasteiger charge is -2.11. The van der Waals surface area contributed by atoms with Crippen molar-refractivity contribution >= 4 is 40.1 Å².